The van der Waals surface area contributed by atoms with E-state index in [4.69, 9.17) is 0 Å². The molecule has 0 unspecified atom stereocenters. The first-order valence-electron chi connectivity index (χ1n) is 14.1. The molecule has 0 aliphatic heterocycles. The minimum absolute atomic E-state index is 0.103. The Bertz CT molecular complexity index is 929. The van der Waals surface area contributed by atoms with Crippen LogP contribution >= 0.6 is 0 Å². The van der Waals surface area contributed by atoms with Crippen LogP contribution in [0, 0.1) is 34.5 Å². The van der Waals surface area contributed by atoms with Crippen molar-refractivity contribution in [2.75, 3.05) is 6.61 Å². The van der Waals surface area contributed by atoms with Gasteiger partial charge in [-0.2, -0.15) is 0 Å². The molecule has 212 valence electrons. The normalized spacial score (nSPS) is 46.5. The molecule has 0 bridgehead atoms. The average molecular weight is 525 g/mol. The van der Waals surface area contributed by atoms with E-state index in [9.17, 15) is 40.5 Å². The smallest absolute Gasteiger partial charge is 0.159 e. The predicted molar refractivity (Wildman–Crippen MR) is 137 cm³/mol. The number of allylic oxidation sites excluding steroid dienone is 1. The standard InChI is InChI=1S/C29H48O8/c1-6-16(27(4,35)15-30)11-24(34)28(5,36)23-8-10-29(37)18-12-20(31)19-13-21(32)22(33)14-25(19,2)17(18)7-9-26(23,29)3/h12,16-17,19,21-24,30,32-37H,6-11,13-15H2,1-5H3/t16-,17+,19+,21-,22+,23+,24-,25-,26-,27+,28-,29-/m1/s1. The Hall–Kier alpha value is -0.870. The van der Waals surface area contributed by atoms with Crippen LogP contribution in [0.2, 0.25) is 0 Å². The first kappa shape index (κ1) is 29.1. The van der Waals surface area contributed by atoms with Crippen molar-refractivity contribution in [1.29, 1.82) is 0 Å². The van der Waals surface area contributed by atoms with Gasteiger partial charge in [0.25, 0.3) is 0 Å². The maximum atomic E-state index is 13.3. The van der Waals surface area contributed by atoms with Crippen molar-refractivity contribution >= 4 is 5.78 Å². The topological polar surface area (TPSA) is 159 Å². The molecule has 3 saturated carbocycles. The summed E-state index contributed by atoms with van der Waals surface area (Å²) in [7, 11) is 0. The second-order valence-corrected chi connectivity index (χ2v) is 13.7. The third-order valence-electron chi connectivity index (χ3n) is 11.7. The molecule has 0 aromatic heterocycles. The summed E-state index contributed by atoms with van der Waals surface area (Å²) in [6.07, 6.45) is 1.76. The number of aliphatic hydroxyl groups is 7. The van der Waals surface area contributed by atoms with E-state index in [2.05, 4.69) is 0 Å². The minimum Gasteiger partial charge on any atom is -0.393 e. The molecule has 0 amide bonds. The number of rotatable bonds is 7. The molecule has 4 rings (SSSR count). The molecule has 0 heterocycles. The Kier molecular flexibility index (Phi) is 7.36. The molecule has 4 aliphatic rings. The summed E-state index contributed by atoms with van der Waals surface area (Å²) < 4.78 is 0. The van der Waals surface area contributed by atoms with Crippen molar-refractivity contribution in [2.45, 2.75) is 121 Å². The van der Waals surface area contributed by atoms with Gasteiger partial charge in [-0.05, 0) is 93.6 Å². The summed E-state index contributed by atoms with van der Waals surface area (Å²) in [4.78, 5) is 13.3. The number of aliphatic hydroxyl groups excluding tert-OH is 4. The highest BCUT2D eigenvalue weighted by Crippen LogP contribution is 2.68. The summed E-state index contributed by atoms with van der Waals surface area (Å²) in [6, 6.07) is 0. The summed E-state index contributed by atoms with van der Waals surface area (Å²) in [5.41, 5.74) is -4.98. The molecule has 0 saturated heterocycles. The summed E-state index contributed by atoms with van der Waals surface area (Å²) in [5.74, 6) is -1.53. The zero-order valence-corrected chi connectivity index (χ0v) is 23.0. The number of carbonyl (C=O) groups excluding carboxylic acids is 1. The Morgan fingerprint density at radius 2 is 1.73 bits per heavy atom. The number of hydrogen-bond donors (Lipinski definition) is 7. The lowest BCUT2D eigenvalue weighted by atomic mass is 9.45. The number of hydrogen-bond acceptors (Lipinski definition) is 8. The van der Waals surface area contributed by atoms with Crippen LogP contribution in [0.5, 0.6) is 0 Å². The van der Waals surface area contributed by atoms with Gasteiger partial charge in [-0.1, -0.05) is 27.2 Å². The monoisotopic (exact) mass is 524 g/mol. The van der Waals surface area contributed by atoms with Crippen LogP contribution in [0.15, 0.2) is 11.6 Å². The molecule has 3 fully saturated rings. The fourth-order valence-corrected chi connectivity index (χ4v) is 9.04. The molecule has 0 aromatic rings. The maximum absolute atomic E-state index is 13.3. The lowest BCUT2D eigenvalue weighted by molar-refractivity contribution is -0.181. The zero-order valence-electron chi connectivity index (χ0n) is 23.0. The van der Waals surface area contributed by atoms with Gasteiger partial charge in [-0.3, -0.25) is 4.79 Å². The Labute approximate surface area is 220 Å². The number of fused-ring (bicyclic) bond motifs is 5. The quantitative estimate of drug-likeness (QED) is 0.264. The Morgan fingerprint density at radius 3 is 2.32 bits per heavy atom. The molecule has 0 spiro atoms. The molecular weight excluding hydrogens is 476 g/mol. The van der Waals surface area contributed by atoms with E-state index in [0.717, 1.165) is 0 Å². The minimum atomic E-state index is -1.57. The molecular formula is C29H48O8. The van der Waals surface area contributed by atoms with E-state index < -0.39 is 70.3 Å². The van der Waals surface area contributed by atoms with Crippen molar-refractivity contribution in [3.8, 4) is 0 Å². The highest BCUT2D eigenvalue weighted by atomic mass is 16.3. The van der Waals surface area contributed by atoms with Gasteiger partial charge in [0.05, 0.1) is 41.7 Å². The fraction of sp³-hybridized carbons (Fsp3) is 0.897. The third-order valence-corrected chi connectivity index (χ3v) is 11.7. The molecule has 4 aliphatic carbocycles. The van der Waals surface area contributed by atoms with Crippen LogP contribution in [0.3, 0.4) is 0 Å². The van der Waals surface area contributed by atoms with Gasteiger partial charge < -0.3 is 35.7 Å². The Morgan fingerprint density at radius 1 is 1.08 bits per heavy atom. The Balaban J connectivity index is 1.65. The van der Waals surface area contributed by atoms with Gasteiger partial charge in [0, 0.05) is 11.3 Å². The lowest BCUT2D eigenvalue weighted by Crippen LogP contribution is -2.63. The van der Waals surface area contributed by atoms with Gasteiger partial charge in [0.2, 0.25) is 0 Å². The summed E-state index contributed by atoms with van der Waals surface area (Å²) in [6.45, 7) is 8.50. The lowest BCUT2D eigenvalue weighted by Gasteiger charge is -2.60. The van der Waals surface area contributed by atoms with Crippen molar-refractivity contribution in [3.05, 3.63) is 11.6 Å². The molecule has 0 radical (unpaired) electrons. The van der Waals surface area contributed by atoms with Gasteiger partial charge in [-0.25, -0.2) is 0 Å². The summed E-state index contributed by atoms with van der Waals surface area (Å²) >= 11 is 0. The average Bonchev–Trinajstić information content (AvgIpc) is 3.11. The molecule has 8 heteroatoms. The van der Waals surface area contributed by atoms with Gasteiger partial charge >= 0.3 is 0 Å². The third kappa shape index (κ3) is 4.17. The largest absolute Gasteiger partial charge is 0.393 e. The van der Waals surface area contributed by atoms with Crippen LogP contribution in [0.4, 0.5) is 0 Å². The van der Waals surface area contributed by atoms with Crippen molar-refractivity contribution in [2.24, 2.45) is 34.5 Å². The first-order chi connectivity index (χ1) is 17.0. The van der Waals surface area contributed by atoms with Crippen LogP contribution in [-0.4, -0.2) is 83.3 Å². The molecule has 7 N–H and O–H groups in total. The van der Waals surface area contributed by atoms with Gasteiger partial charge in [0.1, 0.15) is 0 Å². The van der Waals surface area contributed by atoms with E-state index in [1.807, 2.05) is 20.8 Å². The first-order valence-corrected chi connectivity index (χ1v) is 14.1. The highest BCUT2D eigenvalue weighted by molar-refractivity contribution is 5.95. The van der Waals surface area contributed by atoms with Crippen LogP contribution in [-0.2, 0) is 4.79 Å². The highest BCUT2D eigenvalue weighted by Gasteiger charge is 2.69. The fourth-order valence-electron chi connectivity index (χ4n) is 9.04. The molecule has 12 atom stereocenters. The second-order valence-electron chi connectivity index (χ2n) is 13.7. The van der Waals surface area contributed by atoms with E-state index in [-0.39, 0.29) is 24.5 Å². The molecule has 37 heavy (non-hydrogen) atoms. The van der Waals surface area contributed by atoms with Crippen LogP contribution < -0.4 is 0 Å². The maximum Gasteiger partial charge on any atom is 0.159 e. The van der Waals surface area contributed by atoms with Crippen LogP contribution in [0.1, 0.15) is 86.0 Å². The van der Waals surface area contributed by atoms with E-state index in [1.165, 1.54) is 6.92 Å². The SMILES string of the molecule is CC[C@H](C[C@@H](O)[C@](C)(O)[C@H]1CC[C@@]2(O)C3=CC(=O)[C@@H]4C[C@@H](O)[C@@H](O)C[C@]4(C)[C@H]3CC[C@]12C)[C@@](C)(O)CO. The van der Waals surface area contributed by atoms with E-state index in [1.54, 1.807) is 13.0 Å². The van der Waals surface area contributed by atoms with Crippen LogP contribution in [0.25, 0.3) is 0 Å². The van der Waals surface area contributed by atoms with Crippen molar-refractivity contribution in [3.63, 3.8) is 0 Å². The number of ketones is 1. The van der Waals surface area contributed by atoms with Gasteiger partial charge in [-0.15, -0.1) is 0 Å². The van der Waals surface area contributed by atoms with Crippen molar-refractivity contribution < 1.29 is 40.5 Å². The molecule has 0 aromatic carbocycles. The predicted octanol–water partition coefficient (Wildman–Crippen LogP) is 1.46. The molecule has 8 nitrogen and oxygen atoms in total. The van der Waals surface area contributed by atoms with E-state index >= 15 is 0 Å². The summed E-state index contributed by atoms with van der Waals surface area (Å²) in [5, 5.41) is 76.3. The van der Waals surface area contributed by atoms with Crippen molar-refractivity contribution in [1.82, 2.24) is 0 Å². The number of carbonyl (C=O) groups is 1. The zero-order chi connectivity index (χ0) is 27.8. The van der Waals surface area contributed by atoms with E-state index in [0.29, 0.717) is 44.1 Å². The van der Waals surface area contributed by atoms with Gasteiger partial charge in [0.15, 0.2) is 5.78 Å². The second kappa shape index (κ2) is 9.36.